The van der Waals surface area contributed by atoms with Gasteiger partial charge in [-0.1, -0.05) is 36.8 Å². The van der Waals surface area contributed by atoms with Crippen molar-refractivity contribution in [2.24, 2.45) is 22.9 Å². The van der Waals surface area contributed by atoms with E-state index in [0.29, 0.717) is 56.0 Å². The highest BCUT2D eigenvalue weighted by Crippen LogP contribution is 2.33. The summed E-state index contributed by atoms with van der Waals surface area (Å²) in [5.41, 5.74) is 22.7. The Balaban J connectivity index is 1.15. The topological polar surface area (TPSA) is 640 Å². The van der Waals surface area contributed by atoms with Gasteiger partial charge in [-0.15, -0.1) is 0 Å². The second kappa shape index (κ2) is 48.6. The number of carboxylic acid groups (broad SMARTS) is 2. The molecule has 24 N–H and O–H groups in total. The van der Waals surface area contributed by atoms with Crippen LogP contribution in [0.5, 0.6) is 0 Å². The second-order valence-electron chi connectivity index (χ2n) is 27.3. The maximum absolute atomic E-state index is 14.6. The number of likely N-dealkylation sites (tertiary alicyclic amines) is 2. The third-order valence-electron chi connectivity index (χ3n) is 18.5. The van der Waals surface area contributed by atoms with Crippen LogP contribution in [0.15, 0.2) is 30.3 Å². The summed E-state index contributed by atoms with van der Waals surface area (Å²) < 4.78 is 16.5. The molecule has 4 aliphatic rings. The van der Waals surface area contributed by atoms with E-state index in [1.807, 2.05) is 11.8 Å². The Morgan fingerprint density at radius 2 is 1.12 bits per heavy atom. The molecule has 4 saturated heterocycles. The first-order chi connectivity index (χ1) is 53.0. The van der Waals surface area contributed by atoms with E-state index in [4.69, 9.17) is 42.6 Å². The van der Waals surface area contributed by atoms with Crippen LogP contribution in [0, 0.1) is 5.41 Å². The van der Waals surface area contributed by atoms with Crippen molar-refractivity contribution in [3.05, 3.63) is 35.9 Å². The van der Waals surface area contributed by atoms with Gasteiger partial charge in [0.15, 0.2) is 5.96 Å². The number of primary amides is 2. The Morgan fingerprint density at radius 3 is 1.72 bits per heavy atom. The van der Waals surface area contributed by atoms with Gasteiger partial charge in [0, 0.05) is 62.5 Å². The van der Waals surface area contributed by atoms with Crippen molar-refractivity contribution < 1.29 is 106 Å². The smallest absolute Gasteiger partial charge is 0.315 e. The predicted octanol–water partition coefficient (Wildman–Crippen LogP) is -6.52. The van der Waals surface area contributed by atoms with Gasteiger partial charge in [-0.2, -0.15) is 11.8 Å². The molecule has 4 aliphatic heterocycles. The number of carboxylic acids is 2. The number of unbranched alkanes of at least 4 members (excludes halogenated alkanes) is 2. The number of aliphatic carboxylic acids is 2. The summed E-state index contributed by atoms with van der Waals surface area (Å²) in [6, 6.07) is -6.83. The minimum Gasteiger partial charge on any atom is -0.481 e. The summed E-state index contributed by atoms with van der Waals surface area (Å²) in [5, 5.41) is 68.0. The van der Waals surface area contributed by atoms with Crippen LogP contribution in [0.3, 0.4) is 0 Å². The molecule has 4 heterocycles. The molecule has 5 rings (SSSR count). The molecule has 0 unspecified atom stereocenters. The van der Waals surface area contributed by atoms with Crippen LogP contribution in [0.25, 0.3) is 0 Å². The SMILES string of the molecule is C[C@H](CCCNC(=N)N)NC(=O)[C@@H]1CCCN1C(=O)[C@H](Cc1ccccc1)NC(=O)[C@H](CC(N)=O)NC(=O)[C@H](CCCCN)NC(=O)[C@H](CC(=O)O)NC(=O)[C@H](CCC(=O)O)NC(=O)[C@H](CO)NC(=O)[C@H](CC(N)=O)NC(=O)[C@@H]1CCCN1C(=O)COCCOCCOCCNC(=O)CCCC[C@H]1SC[C@H]2NC(=O)N[C@H]21. The average molecular weight is 1590 g/mol. The van der Waals surface area contributed by atoms with Crippen LogP contribution >= 0.6 is 11.8 Å². The molecule has 0 spiro atoms. The number of urea groups is 1. The summed E-state index contributed by atoms with van der Waals surface area (Å²) in [6.07, 6.45) is 0.404. The van der Waals surface area contributed by atoms with Crippen molar-refractivity contribution >= 4 is 112 Å². The van der Waals surface area contributed by atoms with E-state index >= 15 is 0 Å². The molecule has 0 aliphatic carbocycles. The molecule has 0 saturated carbocycles. The van der Waals surface area contributed by atoms with Crippen LogP contribution in [0.4, 0.5) is 4.79 Å². The number of aliphatic hydroxyl groups is 1. The summed E-state index contributed by atoms with van der Waals surface area (Å²) in [4.78, 5) is 216. The zero-order valence-electron chi connectivity index (χ0n) is 62.2. The molecule has 111 heavy (non-hydrogen) atoms. The number of carbonyl (C=O) groups excluding carboxylic acids is 14. The van der Waals surface area contributed by atoms with Crippen molar-refractivity contribution in [1.82, 2.24) is 73.6 Å². The van der Waals surface area contributed by atoms with Crippen molar-refractivity contribution in [2.45, 2.75) is 207 Å². The van der Waals surface area contributed by atoms with Gasteiger partial charge in [-0.3, -0.25) is 77.3 Å². The number of ether oxygens (including phenoxy) is 3. The largest absolute Gasteiger partial charge is 0.481 e. The first kappa shape index (κ1) is 91.6. The average Bonchev–Trinajstić information content (AvgIpc) is 1.78. The fraction of sp³-hybridized carbons (Fsp3) is 0.667. The third kappa shape index (κ3) is 32.8. The molecular formula is C69H109N19O22S. The van der Waals surface area contributed by atoms with Crippen molar-refractivity contribution in [2.75, 3.05) is 84.7 Å². The van der Waals surface area contributed by atoms with Crippen LogP contribution in [0.2, 0.25) is 0 Å². The Hall–Kier alpha value is -10.0. The molecule has 42 heteroatoms. The lowest BCUT2D eigenvalue weighted by Crippen LogP contribution is -2.61. The molecule has 1 aromatic rings. The number of carbonyl (C=O) groups is 16. The summed E-state index contributed by atoms with van der Waals surface area (Å²) >= 11 is 1.83. The maximum Gasteiger partial charge on any atom is 0.315 e. The second-order valence-corrected chi connectivity index (χ2v) is 28.6. The number of fused-ring (bicyclic) bond motifs is 1. The number of hydrogen-bond donors (Lipinski definition) is 20. The van der Waals surface area contributed by atoms with E-state index in [2.05, 4.69) is 63.8 Å². The van der Waals surface area contributed by atoms with E-state index < -0.39 is 183 Å². The first-order valence-electron chi connectivity index (χ1n) is 37.1. The lowest BCUT2D eigenvalue weighted by Gasteiger charge is -2.31. The van der Waals surface area contributed by atoms with Crippen LogP contribution in [0.1, 0.15) is 128 Å². The molecule has 13 atom stereocenters. The minimum atomic E-state index is -2.13. The molecule has 0 bridgehead atoms. The molecule has 15 amide bonds. The monoisotopic (exact) mass is 1590 g/mol. The van der Waals surface area contributed by atoms with E-state index in [0.717, 1.165) is 25.0 Å². The number of amides is 15. The maximum atomic E-state index is 14.6. The number of aliphatic hydroxyl groups excluding tert-OH is 1. The van der Waals surface area contributed by atoms with Gasteiger partial charge in [0.2, 0.25) is 76.8 Å². The zero-order chi connectivity index (χ0) is 81.5. The number of hydrogen-bond acceptors (Lipinski definition) is 23. The number of rotatable bonds is 53. The van der Waals surface area contributed by atoms with E-state index in [-0.39, 0.29) is 127 Å². The Labute approximate surface area is 645 Å². The fourth-order valence-electron chi connectivity index (χ4n) is 12.8. The normalized spacial score (nSPS) is 19.1. The third-order valence-corrected chi connectivity index (χ3v) is 20.0. The number of nitrogens with one attached hydrogen (secondary N) is 13. The number of guanidine groups is 1. The van der Waals surface area contributed by atoms with Crippen LogP contribution in [-0.4, -0.2) is 288 Å². The number of benzene rings is 1. The number of nitrogens with two attached hydrogens (primary N) is 4. The van der Waals surface area contributed by atoms with Gasteiger partial charge in [-0.05, 0) is 96.1 Å². The molecule has 618 valence electrons. The Kier molecular flexibility index (Phi) is 40.1. The summed E-state index contributed by atoms with van der Waals surface area (Å²) in [7, 11) is 0. The van der Waals surface area contributed by atoms with Gasteiger partial charge in [-0.25, -0.2) is 4.79 Å². The zero-order valence-corrected chi connectivity index (χ0v) is 63.0. The Bertz CT molecular complexity index is 3370. The lowest BCUT2D eigenvalue weighted by atomic mass is 10.0. The van der Waals surface area contributed by atoms with Gasteiger partial charge in [0.1, 0.15) is 61.0 Å². The standard InChI is InChI=1S/C69H109N19O22S/c1-39(12-9-23-76-68(73)74)77-65(104)50-17-11-26-88(50)67(106)46(32-40-13-3-2-4-14-40)83-61(100)43(33-52(71)90)80-59(98)41(15-7-8-22-70)78-63(102)45(35-57(96)97)81-60(99)42(20-21-56(94)95)79-64(103)47(36-89)84-62(101)44(34-53(72)91)82-66(105)49-16-10-25-87(49)55(93)37-110-31-30-109-29-28-108-27-24-75-54(92)19-6-5-18-51-58-48(38-111-51)85-69(107)86-58/h2-4,13-14,39,41-51,58,89H,5-12,15-38,70H2,1H3,(H2,71,90)(H2,72,91)(H,75,92)(H,77,104)(H,78,102)(H,79,103)(H,80,98)(H,81,99)(H,82,105)(H,83,100)(H,84,101)(H,94,95)(H,96,97)(H4,73,74,76)(H2,85,86,107)/t39-,41+,42+,43+,44+,45+,46+,47+,48-,49+,50+,51-,58-/m1/s1. The lowest BCUT2D eigenvalue weighted by molar-refractivity contribution is -0.143. The van der Waals surface area contributed by atoms with Crippen molar-refractivity contribution in [1.29, 1.82) is 5.41 Å². The highest BCUT2D eigenvalue weighted by atomic mass is 32.2. The first-order valence-corrected chi connectivity index (χ1v) is 38.2. The van der Waals surface area contributed by atoms with Crippen LogP contribution in [-0.2, 0) is 92.5 Å². The predicted molar refractivity (Wildman–Crippen MR) is 396 cm³/mol. The van der Waals surface area contributed by atoms with Crippen molar-refractivity contribution in [3.63, 3.8) is 0 Å². The van der Waals surface area contributed by atoms with E-state index in [9.17, 15) is 92.0 Å². The molecule has 0 aromatic heterocycles. The number of thioether (sulfide) groups is 1. The van der Waals surface area contributed by atoms with E-state index in [1.165, 1.54) is 9.80 Å². The fourth-order valence-corrected chi connectivity index (χ4v) is 14.4. The minimum absolute atomic E-state index is 0.0239. The molecular weight excluding hydrogens is 1480 g/mol. The van der Waals surface area contributed by atoms with E-state index in [1.54, 1.807) is 37.3 Å². The van der Waals surface area contributed by atoms with Crippen LogP contribution < -0.4 is 86.7 Å². The van der Waals surface area contributed by atoms with Gasteiger partial charge >= 0.3 is 18.0 Å². The molecule has 0 radical (unpaired) electrons. The van der Waals surface area contributed by atoms with Crippen molar-refractivity contribution in [3.8, 4) is 0 Å². The summed E-state index contributed by atoms with van der Waals surface area (Å²) in [6.45, 7) is 1.74. The Morgan fingerprint density at radius 1 is 0.577 bits per heavy atom. The van der Waals surface area contributed by atoms with Gasteiger partial charge in [0.05, 0.1) is 71.0 Å². The van der Waals surface area contributed by atoms with Gasteiger partial charge < -0.3 is 126 Å². The number of nitrogens with zero attached hydrogens (tertiary/aromatic N) is 2. The molecule has 1 aromatic carbocycles. The molecule has 41 nitrogen and oxygen atoms in total. The molecule has 4 fully saturated rings. The highest BCUT2D eigenvalue weighted by molar-refractivity contribution is 8.00. The van der Waals surface area contributed by atoms with Gasteiger partial charge in [0.25, 0.3) is 0 Å². The quantitative estimate of drug-likeness (QED) is 0.0125. The highest BCUT2D eigenvalue weighted by Gasteiger charge is 2.44. The summed E-state index contributed by atoms with van der Waals surface area (Å²) in [5.74, 6) is -15.2.